The van der Waals surface area contributed by atoms with Crippen LogP contribution in [0.15, 0.2) is 35.7 Å². The van der Waals surface area contributed by atoms with Gasteiger partial charge in [-0.15, -0.1) is 11.3 Å². The fourth-order valence-electron chi connectivity index (χ4n) is 1.50. The average molecular weight is 188 g/mol. The smallest absolute Gasteiger partial charge is 0.00925 e. The highest BCUT2D eigenvalue weighted by atomic mass is 32.1. The van der Waals surface area contributed by atoms with Crippen molar-refractivity contribution in [3.63, 3.8) is 0 Å². The molecule has 0 aliphatic carbocycles. The summed E-state index contributed by atoms with van der Waals surface area (Å²) >= 11 is 1.81. The Morgan fingerprint density at radius 1 is 1.08 bits per heavy atom. The second kappa shape index (κ2) is 3.35. The maximum absolute atomic E-state index is 2.23. The third kappa shape index (κ3) is 1.65. The maximum Gasteiger partial charge on any atom is 0.00925 e. The van der Waals surface area contributed by atoms with Crippen molar-refractivity contribution in [1.82, 2.24) is 0 Å². The van der Waals surface area contributed by atoms with E-state index in [-0.39, 0.29) is 0 Å². The Hall–Kier alpha value is -1.08. The van der Waals surface area contributed by atoms with Crippen LogP contribution in [0.4, 0.5) is 0 Å². The van der Waals surface area contributed by atoms with Crippen LogP contribution in [-0.4, -0.2) is 0 Å². The van der Waals surface area contributed by atoms with E-state index in [2.05, 4.69) is 49.6 Å². The molecule has 13 heavy (non-hydrogen) atoms. The van der Waals surface area contributed by atoms with Gasteiger partial charge < -0.3 is 0 Å². The van der Waals surface area contributed by atoms with Crippen LogP contribution in [0, 0.1) is 13.8 Å². The maximum atomic E-state index is 2.23. The molecule has 0 bridgehead atoms. The van der Waals surface area contributed by atoms with Crippen molar-refractivity contribution in [2.24, 2.45) is 0 Å². The highest BCUT2D eigenvalue weighted by Gasteiger charge is 2.01. The first kappa shape index (κ1) is 8.52. The Morgan fingerprint density at radius 2 is 1.92 bits per heavy atom. The van der Waals surface area contributed by atoms with Gasteiger partial charge in [-0.05, 0) is 36.4 Å². The van der Waals surface area contributed by atoms with E-state index in [1.807, 2.05) is 0 Å². The molecule has 0 atom stereocenters. The summed E-state index contributed by atoms with van der Waals surface area (Å²) in [7, 11) is 0. The molecule has 0 saturated heterocycles. The SMILES string of the molecule is Cc1cccc(-c2ccsc2C)c1. The molecule has 1 heterocycles. The molecule has 2 aromatic rings. The second-order valence-corrected chi connectivity index (χ2v) is 4.38. The summed E-state index contributed by atoms with van der Waals surface area (Å²) in [5.74, 6) is 0. The fourth-order valence-corrected chi connectivity index (χ4v) is 2.22. The molecule has 2 rings (SSSR count). The Morgan fingerprint density at radius 3 is 2.54 bits per heavy atom. The van der Waals surface area contributed by atoms with E-state index in [1.165, 1.54) is 21.6 Å². The largest absolute Gasteiger partial charge is 0.149 e. The molecule has 0 aliphatic rings. The van der Waals surface area contributed by atoms with Gasteiger partial charge in [-0.2, -0.15) is 0 Å². The molecule has 0 spiro atoms. The van der Waals surface area contributed by atoms with Crippen molar-refractivity contribution >= 4 is 11.3 Å². The van der Waals surface area contributed by atoms with Crippen molar-refractivity contribution in [1.29, 1.82) is 0 Å². The van der Waals surface area contributed by atoms with Gasteiger partial charge in [0, 0.05) is 4.88 Å². The lowest BCUT2D eigenvalue weighted by atomic mass is 10.1. The van der Waals surface area contributed by atoms with Crippen molar-refractivity contribution in [2.45, 2.75) is 13.8 Å². The van der Waals surface area contributed by atoms with Gasteiger partial charge in [-0.25, -0.2) is 0 Å². The predicted molar refractivity (Wildman–Crippen MR) is 59.2 cm³/mol. The van der Waals surface area contributed by atoms with E-state index in [0.29, 0.717) is 0 Å². The van der Waals surface area contributed by atoms with Gasteiger partial charge in [0.15, 0.2) is 0 Å². The molecule has 0 amide bonds. The fraction of sp³-hybridized carbons (Fsp3) is 0.167. The Bertz CT molecular complexity index is 413. The molecule has 1 aromatic carbocycles. The summed E-state index contributed by atoms with van der Waals surface area (Å²) in [4.78, 5) is 1.39. The summed E-state index contributed by atoms with van der Waals surface area (Å²) < 4.78 is 0. The van der Waals surface area contributed by atoms with Crippen LogP contribution >= 0.6 is 11.3 Å². The number of rotatable bonds is 1. The third-order valence-electron chi connectivity index (χ3n) is 2.19. The number of hydrogen-bond donors (Lipinski definition) is 0. The first-order valence-corrected chi connectivity index (χ1v) is 5.26. The van der Waals surface area contributed by atoms with Crippen molar-refractivity contribution < 1.29 is 0 Å². The minimum atomic E-state index is 1.32. The molecule has 66 valence electrons. The number of hydrogen-bond acceptors (Lipinski definition) is 1. The summed E-state index contributed by atoms with van der Waals surface area (Å²) in [6.45, 7) is 4.30. The van der Waals surface area contributed by atoms with Crippen molar-refractivity contribution in [2.75, 3.05) is 0 Å². The molecule has 0 fully saturated rings. The lowest BCUT2D eigenvalue weighted by Crippen LogP contribution is -1.77. The van der Waals surface area contributed by atoms with Crippen LogP contribution in [-0.2, 0) is 0 Å². The highest BCUT2D eigenvalue weighted by molar-refractivity contribution is 7.10. The van der Waals surface area contributed by atoms with E-state index in [4.69, 9.17) is 0 Å². The van der Waals surface area contributed by atoms with Crippen LogP contribution in [0.25, 0.3) is 11.1 Å². The van der Waals surface area contributed by atoms with Crippen molar-refractivity contribution in [3.8, 4) is 11.1 Å². The molecule has 0 aliphatic heterocycles. The van der Waals surface area contributed by atoms with Crippen LogP contribution in [0.3, 0.4) is 0 Å². The molecule has 0 N–H and O–H groups in total. The standard InChI is InChI=1S/C12H12S/c1-9-4-3-5-11(8-9)12-6-7-13-10(12)2/h3-8H,1-2H3. The molecule has 1 heteroatoms. The molecule has 0 saturated carbocycles. The molecule has 0 nitrogen and oxygen atoms in total. The molecule has 0 unspecified atom stereocenters. The predicted octanol–water partition coefficient (Wildman–Crippen LogP) is 4.03. The first-order valence-electron chi connectivity index (χ1n) is 4.38. The highest BCUT2D eigenvalue weighted by Crippen LogP contribution is 2.27. The Kier molecular flexibility index (Phi) is 2.19. The molecule has 1 aromatic heterocycles. The lowest BCUT2D eigenvalue weighted by Gasteiger charge is -2.00. The normalized spacial score (nSPS) is 10.3. The molecule has 0 radical (unpaired) electrons. The van der Waals surface area contributed by atoms with Gasteiger partial charge in [-0.3, -0.25) is 0 Å². The quantitative estimate of drug-likeness (QED) is 0.633. The second-order valence-electron chi connectivity index (χ2n) is 3.26. The van der Waals surface area contributed by atoms with E-state index < -0.39 is 0 Å². The van der Waals surface area contributed by atoms with E-state index >= 15 is 0 Å². The number of thiophene rings is 1. The van der Waals surface area contributed by atoms with Crippen LogP contribution < -0.4 is 0 Å². The minimum absolute atomic E-state index is 1.32. The first-order chi connectivity index (χ1) is 6.27. The van der Waals surface area contributed by atoms with Gasteiger partial charge in [0.05, 0.1) is 0 Å². The summed E-state index contributed by atoms with van der Waals surface area (Å²) in [5.41, 5.74) is 4.02. The summed E-state index contributed by atoms with van der Waals surface area (Å²) in [6.07, 6.45) is 0. The zero-order valence-electron chi connectivity index (χ0n) is 7.87. The van der Waals surface area contributed by atoms with E-state index in [9.17, 15) is 0 Å². The third-order valence-corrected chi connectivity index (χ3v) is 3.03. The lowest BCUT2D eigenvalue weighted by molar-refractivity contribution is 1.46. The van der Waals surface area contributed by atoms with Gasteiger partial charge in [-0.1, -0.05) is 29.8 Å². The van der Waals surface area contributed by atoms with Gasteiger partial charge >= 0.3 is 0 Å². The van der Waals surface area contributed by atoms with E-state index in [1.54, 1.807) is 11.3 Å². The molecular formula is C12H12S. The van der Waals surface area contributed by atoms with Crippen molar-refractivity contribution in [3.05, 3.63) is 46.2 Å². The molecular weight excluding hydrogens is 176 g/mol. The Labute approximate surface area is 82.9 Å². The topological polar surface area (TPSA) is 0 Å². The van der Waals surface area contributed by atoms with Gasteiger partial charge in [0.1, 0.15) is 0 Å². The van der Waals surface area contributed by atoms with Crippen LogP contribution in [0.1, 0.15) is 10.4 Å². The zero-order valence-corrected chi connectivity index (χ0v) is 8.69. The van der Waals surface area contributed by atoms with Gasteiger partial charge in [0.2, 0.25) is 0 Å². The van der Waals surface area contributed by atoms with Gasteiger partial charge in [0.25, 0.3) is 0 Å². The zero-order chi connectivity index (χ0) is 9.26. The summed E-state index contributed by atoms with van der Waals surface area (Å²) in [5, 5.41) is 2.15. The number of aryl methyl sites for hydroxylation is 2. The summed E-state index contributed by atoms with van der Waals surface area (Å²) in [6, 6.07) is 10.8. The Balaban J connectivity index is 2.53. The van der Waals surface area contributed by atoms with E-state index in [0.717, 1.165) is 0 Å². The monoisotopic (exact) mass is 188 g/mol. The van der Waals surface area contributed by atoms with Crippen LogP contribution in [0.5, 0.6) is 0 Å². The number of benzene rings is 1. The minimum Gasteiger partial charge on any atom is -0.149 e. The van der Waals surface area contributed by atoms with Crippen LogP contribution in [0.2, 0.25) is 0 Å². The average Bonchev–Trinajstić information content (AvgIpc) is 2.51.